The lowest BCUT2D eigenvalue weighted by molar-refractivity contribution is -0.143. The summed E-state index contributed by atoms with van der Waals surface area (Å²) in [5.74, 6) is -1.89. The summed E-state index contributed by atoms with van der Waals surface area (Å²) in [6.07, 6.45) is 4.21. The van der Waals surface area contributed by atoms with Gasteiger partial charge >= 0.3 is 5.97 Å². The van der Waals surface area contributed by atoms with Crippen LogP contribution in [0.3, 0.4) is 0 Å². The molecule has 1 amide bonds. The van der Waals surface area contributed by atoms with Gasteiger partial charge in [-0.05, 0) is 37.1 Å². The SMILES string of the molecule is O=C(O)CN(C(=O)C=Cc1cc(Br)ccc1F)C1CC1. The molecule has 2 rings (SSSR count). The summed E-state index contributed by atoms with van der Waals surface area (Å²) in [5, 5.41) is 8.79. The molecule has 0 aromatic heterocycles. The van der Waals surface area contributed by atoms with Gasteiger partial charge in [0.2, 0.25) is 5.91 Å². The van der Waals surface area contributed by atoms with Crippen molar-refractivity contribution in [2.75, 3.05) is 6.54 Å². The highest BCUT2D eigenvalue weighted by Gasteiger charge is 2.32. The Morgan fingerprint density at radius 1 is 1.45 bits per heavy atom. The Kier molecular flexibility index (Phi) is 4.54. The van der Waals surface area contributed by atoms with Crippen molar-refractivity contribution in [3.05, 3.63) is 40.1 Å². The monoisotopic (exact) mass is 341 g/mol. The van der Waals surface area contributed by atoms with Crippen molar-refractivity contribution >= 4 is 33.9 Å². The minimum Gasteiger partial charge on any atom is -0.480 e. The highest BCUT2D eigenvalue weighted by molar-refractivity contribution is 9.10. The van der Waals surface area contributed by atoms with Crippen LogP contribution in [0.5, 0.6) is 0 Å². The number of nitrogens with zero attached hydrogens (tertiary/aromatic N) is 1. The van der Waals surface area contributed by atoms with Gasteiger partial charge in [-0.2, -0.15) is 0 Å². The summed E-state index contributed by atoms with van der Waals surface area (Å²) in [6, 6.07) is 4.41. The number of carboxylic acids is 1. The first-order chi connectivity index (χ1) is 9.47. The van der Waals surface area contributed by atoms with Crippen molar-refractivity contribution in [1.82, 2.24) is 4.90 Å². The van der Waals surface area contributed by atoms with E-state index in [-0.39, 0.29) is 18.2 Å². The van der Waals surface area contributed by atoms with Gasteiger partial charge in [-0.25, -0.2) is 4.39 Å². The van der Waals surface area contributed by atoms with Crippen molar-refractivity contribution in [1.29, 1.82) is 0 Å². The molecule has 0 atom stereocenters. The molecule has 0 saturated heterocycles. The predicted molar refractivity (Wildman–Crippen MR) is 75.5 cm³/mol. The molecular weight excluding hydrogens is 329 g/mol. The van der Waals surface area contributed by atoms with E-state index in [1.165, 1.54) is 23.1 Å². The van der Waals surface area contributed by atoms with E-state index in [1.807, 2.05) is 0 Å². The van der Waals surface area contributed by atoms with Crippen LogP contribution < -0.4 is 0 Å². The lowest BCUT2D eigenvalue weighted by Crippen LogP contribution is -2.36. The summed E-state index contributed by atoms with van der Waals surface area (Å²) in [4.78, 5) is 24.0. The fraction of sp³-hybridized carbons (Fsp3) is 0.286. The zero-order valence-corrected chi connectivity index (χ0v) is 12.1. The first-order valence-electron chi connectivity index (χ1n) is 6.13. The van der Waals surface area contributed by atoms with Crippen LogP contribution in [-0.4, -0.2) is 34.5 Å². The average molecular weight is 342 g/mol. The van der Waals surface area contributed by atoms with Crippen LogP contribution in [0.4, 0.5) is 4.39 Å². The molecule has 1 N–H and O–H groups in total. The fourth-order valence-electron chi connectivity index (χ4n) is 1.82. The Morgan fingerprint density at radius 2 is 2.15 bits per heavy atom. The minimum atomic E-state index is -1.05. The van der Waals surface area contributed by atoms with Crippen LogP contribution in [0.15, 0.2) is 28.7 Å². The van der Waals surface area contributed by atoms with Crippen molar-refractivity contribution in [2.45, 2.75) is 18.9 Å². The Labute approximate surface area is 124 Å². The summed E-state index contributed by atoms with van der Waals surface area (Å²) in [6.45, 7) is -0.325. The maximum Gasteiger partial charge on any atom is 0.323 e. The second-order valence-corrected chi connectivity index (χ2v) is 5.51. The quantitative estimate of drug-likeness (QED) is 0.837. The third kappa shape index (κ3) is 3.90. The lowest BCUT2D eigenvalue weighted by atomic mass is 10.2. The molecule has 0 heterocycles. The molecule has 0 unspecified atom stereocenters. The van der Waals surface area contributed by atoms with E-state index in [9.17, 15) is 14.0 Å². The second-order valence-electron chi connectivity index (χ2n) is 4.59. The summed E-state index contributed by atoms with van der Waals surface area (Å²) in [5.41, 5.74) is 0.277. The van der Waals surface area contributed by atoms with E-state index in [2.05, 4.69) is 15.9 Å². The van der Waals surface area contributed by atoms with Gasteiger partial charge in [-0.1, -0.05) is 15.9 Å². The molecule has 0 radical (unpaired) electrons. The zero-order chi connectivity index (χ0) is 14.7. The molecule has 1 saturated carbocycles. The summed E-state index contributed by atoms with van der Waals surface area (Å²) in [7, 11) is 0. The van der Waals surface area contributed by atoms with Gasteiger partial charge in [0.1, 0.15) is 12.4 Å². The predicted octanol–water partition coefficient (Wildman–Crippen LogP) is 2.68. The molecule has 1 aromatic rings. The van der Waals surface area contributed by atoms with E-state index < -0.39 is 17.7 Å². The molecule has 1 aliphatic rings. The van der Waals surface area contributed by atoms with Crippen LogP contribution >= 0.6 is 15.9 Å². The van der Waals surface area contributed by atoms with Gasteiger partial charge in [0.25, 0.3) is 0 Å². The van der Waals surface area contributed by atoms with Gasteiger partial charge in [-0.15, -0.1) is 0 Å². The van der Waals surface area contributed by atoms with Gasteiger partial charge in [-0.3, -0.25) is 9.59 Å². The Balaban J connectivity index is 2.10. The normalized spacial score (nSPS) is 14.5. The third-order valence-corrected chi connectivity index (χ3v) is 3.43. The van der Waals surface area contributed by atoms with Crippen LogP contribution in [0.2, 0.25) is 0 Å². The Morgan fingerprint density at radius 3 is 2.75 bits per heavy atom. The standard InChI is InChI=1S/C14H13BrFNO3/c15-10-2-5-12(16)9(7-10)1-6-13(18)17(8-14(19)20)11-3-4-11/h1-2,5-7,11H,3-4,8H2,(H,19,20). The van der Waals surface area contributed by atoms with E-state index in [0.717, 1.165) is 12.8 Å². The second kappa shape index (κ2) is 6.17. The first-order valence-corrected chi connectivity index (χ1v) is 6.92. The minimum absolute atomic E-state index is 0.00407. The van der Waals surface area contributed by atoms with Crippen molar-refractivity contribution in [3.8, 4) is 0 Å². The first kappa shape index (κ1) is 14.7. The van der Waals surface area contributed by atoms with Crippen LogP contribution in [0.25, 0.3) is 6.08 Å². The van der Waals surface area contributed by atoms with E-state index in [0.29, 0.717) is 4.47 Å². The molecule has 0 bridgehead atoms. The number of halogens is 2. The molecule has 1 aromatic carbocycles. The van der Waals surface area contributed by atoms with Crippen LogP contribution in [0, 0.1) is 5.82 Å². The maximum atomic E-state index is 13.5. The highest BCUT2D eigenvalue weighted by atomic mass is 79.9. The highest BCUT2D eigenvalue weighted by Crippen LogP contribution is 2.27. The van der Waals surface area contributed by atoms with Gasteiger partial charge in [0.05, 0.1) is 0 Å². The van der Waals surface area contributed by atoms with Crippen molar-refractivity contribution in [2.24, 2.45) is 0 Å². The number of rotatable bonds is 5. The number of hydrogen-bond donors (Lipinski definition) is 1. The smallest absolute Gasteiger partial charge is 0.323 e. The number of carbonyl (C=O) groups excluding carboxylic acids is 1. The number of hydrogen-bond acceptors (Lipinski definition) is 2. The van der Waals surface area contributed by atoms with Gasteiger partial charge in [0, 0.05) is 22.2 Å². The average Bonchev–Trinajstić information content (AvgIpc) is 3.20. The molecule has 4 nitrogen and oxygen atoms in total. The number of carbonyl (C=O) groups is 2. The molecule has 1 fully saturated rings. The van der Waals surface area contributed by atoms with E-state index in [4.69, 9.17) is 5.11 Å². The molecule has 1 aliphatic carbocycles. The summed E-state index contributed by atoms with van der Waals surface area (Å²) < 4.78 is 14.2. The summed E-state index contributed by atoms with van der Waals surface area (Å²) >= 11 is 3.22. The third-order valence-electron chi connectivity index (χ3n) is 2.94. The number of carboxylic acid groups (broad SMARTS) is 1. The number of aliphatic carboxylic acids is 1. The zero-order valence-electron chi connectivity index (χ0n) is 10.6. The molecule has 20 heavy (non-hydrogen) atoms. The number of benzene rings is 1. The largest absolute Gasteiger partial charge is 0.480 e. The molecule has 106 valence electrons. The molecule has 6 heteroatoms. The van der Waals surface area contributed by atoms with Crippen LogP contribution in [0.1, 0.15) is 18.4 Å². The van der Waals surface area contributed by atoms with Gasteiger partial charge < -0.3 is 10.0 Å². The molecule has 0 spiro atoms. The topological polar surface area (TPSA) is 57.6 Å². The van der Waals surface area contributed by atoms with Crippen LogP contribution in [-0.2, 0) is 9.59 Å². The maximum absolute atomic E-state index is 13.5. The van der Waals surface area contributed by atoms with Crippen molar-refractivity contribution < 1.29 is 19.1 Å². The fourth-order valence-corrected chi connectivity index (χ4v) is 2.20. The molecule has 0 aliphatic heterocycles. The lowest BCUT2D eigenvalue weighted by Gasteiger charge is -2.17. The Hall–Kier alpha value is -1.69. The van der Waals surface area contributed by atoms with E-state index >= 15 is 0 Å². The molecular formula is C14H13BrFNO3. The van der Waals surface area contributed by atoms with Crippen molar-refractivity contribution in [3.63, 3.8) is 0 Å². The number of amides is 1. The van der Waals surface area contributed by atoms with E-state index in [1.54, 1.807) is 12.1 Å². The van der Waals surface area contributed by atoms with Gasteiger partial charge in [0.15, 0.2) is 0 Å². The Bertz CT molecular complexity index is 570.